The van der Waals surface area contributed by atoms with Gasteiger partial charge in [-0.1, -0.05) is 0 Å². The first-order chi connectivity index (χ1) is 11.2. The van der Waals surface area contributed by atoms with Crippen LogP contribution >= 0.6 is 0 Å². The molecule has 2 N–H and O–H groups in total. The summed E-state index contributed by atoms with van der Waals surface area (Å²) in [7, 11) is 0. The average molecular weight is 316 g/mol. The number of aryl methyl sites for hydroxylation is 1. The predicted octanol–water partition coefficient (Wildman–Crippen LogP) is 1.98. The zero-order valence-corrected chi connectivity index (χ0v) is 14.0. The summed E-state index contributed by atoms with van der Waals surface area (Å²) in [4.78, 5) is 15.0. The Morgan fingerprint density at radius 1 is 1.26 bits per heavy atom. The molecule has 23 heavy (non-hydrogen) atoms. The van der Waals surface area contributed by atoms with Crippen molar-refractivity contribution in [3.63, 3.8) is 0 Å². The monoisotopic (exact) mass is 316 g/mol. The van der Waals surface area contributed by atoms with Crippen LogP contribution in [0.3, 0.4) is 0 Å². The highest BCUT2D eigenvalue weighted by molar-refractivity contribution is 5.80. The largest absolute Gasteiger partial charge is 0.342 e. The molecule has 5 heteroatoms. The maximum Gasteiger partial charge on any atom is 0.227 e. The van der Waals surface area contributed by atoms with Crippen molar-refractivity contribution in [3.05, 3.63) is 18.0 Å². The van der Waals surface area contributed by atoms with Gasteiger partial charge >= 0.3 is 0 Å². The lowest BCUT2D eigenvalue weighted by molar-refractivity contribution is -0.138. The SMILES string of the molecule is CCn1cc(C2CCN(C(=O)C3C4CCC(C4)C3N)CC2)cn1. The van der Waals surface area contributed by atoms with Crippen molar-refractivity contribution < 1.29 is 4.79 Å². The van der Waals surface area contributed by atoms with Crippen molar-refractivity contribution >= 4 is 5.91 Å². The Kier molecular flexibility index (Phi) is 3.92. The van der Waals surface area contributed by atoms with Crippen LogP contribution in [0.25, 0.3) is 0 Å². The minimum atomic E-state index is 0.105. The second kappa shape index (κ2) is 5.93. The number of rotatable bonds is 3. The number of aromatic nitrogens is 2. The Balaban J connectivity index is 1.37. The first-order valence-corrected chi connectivity index (χ1v) is 9.24. The molecule has 1 saturated heterocycles. The highest BCUT2D eigenvalue weighted by atomic mass is 16.2. The van der Waals surface area contributed by atoms with Gasteiger partial charge in [-0.15, -0.1) is 0 Å². The van der Waals surface area contributed by atoms with Crippen molar-refractivity contribution in [3.8, 4) is 0 Å². The lowest BCUT2D eigenvalue weighted by Crippen LogP contribution is -2.49. The first-order valence-electron chi connectivity index (χ1n) is 9.24. The molecule has 2 saturated carbocycles. The van der Waals surface area contributed by atoms with Crippen molar-refractivity contribution in [2.75, 3.05) is 13.1 Å². The van der Waals surface area contributed by atoms with Crippen molar-refractivity contribution in [2.24, 2.45) is 23.5 Å². The van der Waals surface area contributed by atoms with Crippen LogP contribution in [-0.2, 0) is 11.3 Å². The summed E-state index contributed by atoms with van der Waals surface area (Å²) in [5.74, 6) is 2.16. The average Bonchev–Trinajstić information content (AvgIpc) is 3.30. The van der Waals surface area contributed by atoms with Gasteiger partial charge in [-0.2, -0.15) is 5.10 Å². The smallest absolute Gasteiger partial charge is 0.227 e. The van der Waals surface area contributed by atoms with Crippen LogP contribution in [0.15, 0.2) is 12.4 Å². The van der Waals surface area contributed by atoms with E-state index < -0.39 is 0 Å². The Hall–Kier alpha value is -1.36. The molecule has 2 aliphatic carbocycles. The normalized spacial score (nSPS) is 34.3. The summed E-state index contributed by atoms with van der Waals surface area (Å²) in [5, 5.41) is 4.38. The molecule has 4 atom stereocenters. The minimum Gasteiger partial charge on any atom is -0.342 e. The molecule has 2 bridgehead atoms. The molecule has 1 aromatic rings. The second-order valence-electron chi connectivity index (χ2n) is 7.67. The van der Waals surface area contributed by atoms with Gasteiger partial charge in [0.1, 0.15) is 0 Å². The van der Waals surface area contributed by atoms with Crippen molar-refractivity contribution in [2.45, 2.75) is 57.5 Å². The van der Waals surface area contributed by atoms with Gasteiger partial charge in [-0.25, -0.2) is 0 Å². The fraction of sp³-hybridized carbons (Fsp3) is 0.778. The van der Waals surface area contributed by atoms with Crippen molar-refractivity contribution in [1.82, 2.24) is 14.7 Å². The van der Waals surface area contributed by atoms with E-state index in [0.717, 1.165) is 32.5 Å². The van der Waals surface area contributed by atoms with Gasteiger partial charge in [0.25, 0.3) is 0 Å². The summed E-state index contributed by atoms with van der Waals surface area (Å²) in [6.45, 7) is 4.78. The van der Waals surface area contributed by atoms with Crippen LogP contribution < -0.4 is 5.73 Å². The van der Waals surface area contributed by atoms with Crippen LogP contribution in [0.5, 0.6) is 0 Å². The van der Waals surface area contributed by atoms with Crippen molar-refractivity contribution in [1.29, 1.82) is 0 Å². The van der Waals surface area contributed by atoms with E-state index in [1.165, 1.54) is 24.8 Å². The maximum atomic E-state index is 12.9. The summed E-state index contributed by atoms with van der Waals surface area (Å²) in [5.41, 5.74) is 7.68. The van der Waals surface area contributed by atoms with Gasteiger partial charge < -0.3 is 10.6 Å². The number of carbonyl (C=O) groups is 1. The molecular weight excluding hydrogens is 288 g/mol. The molecule has 3 fully saturated rings. The fourth-order valence-corrected chi connectivity index (χ4v) is 5.11. The van der Waals surface area contributed by atoms with E-state index in [-0.39, 0.29) is 12.0 Å². The number of carbonyl (C=O) groups excluding carboxylic acids is 1. The molecule has 3 aliphatic rings. The zero-order valence-electron chi connectivity index (χ0n) is 14.0. The highest BCUT2D eigenvalue weighted by Gasteiger charge is 2.50. The lowest BCUT2D eigenvalue weighted by atomic mass is 9.83. The van der Waals surface area contributed by atoms with E-state index in [1.807, 2.05) is 10.9 Å². The maximum absolute atomic E-state index is 12.9. The van der Waals surface area contributed by atoms with Gasteiger partial charge in [0, 0.05) is 31.9 Å². The fourth-order valence-electron chi connectivity index (χ4n) is 5.11. The number of fused-ring (bicyclic) bond motifs is 2. The van der Waals surface area contributed by atoms with E-state index in [2.05, 4.69) is 23.1 Å². The molecule has 4 unspecified atom stereocenters. The lowest BCUT2D eigenvalue weighted by Gasteiger charge is -2.36. The number of likely N-dealkylation sites (tertiary alicyclic amines) is 1. The van der Waals surface area contributed by atoms with Gasteiger partial charge in [-0.05, 0) is 62.3 Å². The molecule has 0 radical (unpaired) electrons. The van der Waals surface area contributed by atoms with E-state index in [1.54, 1.807) is 0 Å². The molecule has 126 valence electrons. The molecule has 1 aliphatic heterocycles. The number of nitrogens with zero attached hydrogens (tertiary/aromatic N) is 3. The molecule has 4 rings (SSSR count). The zero-order chi connectivity index (χ0) is 16.0. The number of hydrogen-bond acceptors (Lipinski definition) is 3. The highest BCUT2D eigenvalue weighted by Crippen LogP contribution is 2.48. The van der Waals surface area contributed by atoms with Gasteiger partial charge in [0.05, 0.1) is 12.1 Å². The number of piperidine rings is 1. The minimum absolute atomic E-state index is 0.105. The third kappa shape index (κ3) is 2.59. The molecule has 0 spiro atoms. The Labute approximate surface area is 138 Å². The molecule has 1 amide bonds. The summed E-state index contributed by atoms with van der Waals surface area (Å²) < 4.78 is 1.99. The molecule has 1 aromatic heterocycles. The second-order valence-corrected chi connectivity index (χ2v) is 7.67. The summed E-state index contributed by atoms with van der Waals surface area (Å²) >= 11 is 0. The first kappa shape index (κ1) is 15.2. The topological polar surface area (TPSA) is 64.2 Å². The quantitative estimate of drug-likeness (QED) is 0.927. The van der Waals surface area contributed by atoms with Crippen LogP contribution in [0.2, 0.25) is 0 Å². The van der Waals surface area contributed by atoms with Gasteiger partial charge in [0.2, 0.25) is 5.91 Å². The Bertz CT molecular complexity index is 573. The van der Waals surface area contributed by atoms with Crippen LogP contribution in [-0.4, -0.2) is 39.7 Å². The van der Waals surface area contributed by atoms with E-state index in [9.17, 15) is 4.79 Å². The van der Waals surface area contributed by atoms with E-state index in [4.69, 9.17) is 5.73 Å². The van der Waals surface area contributed by atoms with Gasteiger partial charge in [-0.3, -0.25) is 9.48 Å². The summed E-state index contributed by atoms with van der Waals surface area (Å²) in [6.07, 6.45) is 9.89. The molecule has 5 nitrogen and oxygen atoms in total. The molecule has 2 heterocycles. The Morgan fingerprint density at radius 2 is 2.00 bits per heavy atom. The number of hydrogen-bond donors (Lipinski definition) is 1. The standard InChI is InChI=1S/C18H28N4O/c1-2-22-11-15(10-20-22)12-5-7-21(8-6-12)18(23)16-13-3-4-14(9-13)17(16)19/h10-14,16-17H,2-9,19H2,1H3. The van der Waals surface area contributed by atoms with Crippen LogP contribution in [0, 0.1) is 17.8 Å². The Morgan fingerprint density at radius 3 is 2.61 bits per heavy atom. The van der Waals surface area contributed by atoms with Crippen LogP contribution in [0.4, 0.5) is 0 Å². The third-order valence-corrected chi connectivity index (χ3v) is 6.52. The third-order valence-electron chi connectivity index (χ3n) is 6.52. The number of nitrogens with two attached hydrogens (primary N) is 1. The number of amides is 1. The predicted molar refractivity (Wildman–Crippen MR) is 88.8 cm³/mol. The van der Waals surface area contributed by atoms with Gasteiger partial charge in [0.15, 0.2) is 0 Å². The van der Waals surface area contributed by atoms with Crippen LogP contribution in [0.1, 0.15) is 50.5 Å². The summed E-state index contributed by atoms with van der Waals surface area (Å²) in [6, 6.07) is 0.113. The molecular formula is C18H28N4O. The van der Waals surface area contributed by atoms with E-state index in [0.29, 0.717) is 23.7 Å². The molecule has 0 aromatic carbocycles. The van der Waals surface area contributed by atoms with E-state index >= 15 is 0 Å².